The highest BCUT2D eigenvalue weighted by Gasteiger charge is 2.12. The van der Waals surface area contributed by atoms with Crippen molar-refractivity contribution in [3.8, 4) is 11.5 Å². The molecule has 0 amide bonds. The van der Waals surface area contributed by atoms with Crippen LogP contribution >= 0.6 is 0 Å². The molecule has 1 N–H and O–H groups in total. The number of nitrogens with one attached hydrogen (secondary N) is 1. The normalized spacial score (nSPS) is 12.2. The van der Waals surface area contributed by atoms with Crippen LogP contribution in [0, 0.1) is 5.92 Å². The second-order valence-corrected chi connectivity index (χ2v) is 7.25. The van der Waals surface area contributed by atoms with Gasteiger partial charge in [0.25, 0.3) is 0 Å². The summed E-state index contributed by atoms with van der Waals surface area (Å²) in [6.07, 6.45) is 3.64. The van der Waals surface area contributed by atoms with E-state index in [1.165, 1.54) is 24.0 Å². The number of rotatable bonds is 11. The largest absolute Gasteiger partial charge is 0.497 e. The van der Waals surface area contributed by atoms with Crippen molar-refractivity contribution >= 4 is 0 Å². The van der Waals surface area contributed by atoms with Crippen molar-refractivity contribution in [3.63, 3.8) is 0 Å². The number of ether oxygens (including phenoxy) is 2. The average Bonchev–Trinajstić information content (AvgIpc) is 2.68. The van der Waals surface area contributed by atoms with Crippen molar-refractivity contribution in [1.29, 1.82) is 0 Å². The molecule has 0 heterocycles. The molecule has 142 valence electrons. The Morgan fingerprint density at radius 1 is 0.769 bits per heavy atom. The lowest BCUT2D eigenvalue weighted by Gasteiger charge is -2.19. The first-order valence-electron chi connectivity index (χ1n) is 9.60. The van der Waals surface area contributed by atoms with E-state index < -0.39 is 0 Å². The molecule has 3 nitrogen and oxygen atoms in total. The molecule has 26 heavy (non-hydrogen) atoms. The Hall–Kier alpha value is -2.00. The molecule has 1 unspecified atom stereocenters. The first kappa shape index (κ1) is 20.3. The van der Waals surface area contributed by atoms with E-state index in [1.807, 2.05) is 12.1 Å². The zero-order valence-electron chi connectivity index (χ0n) is 16.6. The number of benzene rings is 2. The maximum Gasteiger partial charge on any atom is 0.118 e. The summed E-state index contributed by atoms with van der Waals surface area (Å²) in [6, 6.07) is 16.8. The van der Waals surface area contributed by atoms with Gasteiger partial charge in [0.15, 0.2) is 0 Å². The third kappa shape index (κ3) is 6.72. The molecule has 0 aliphatic carbocycles. The topological polar surface area (TPSA) is 30.5 Å². The summed E-state index contributed by atoms with van der Waals surface area (Å²) in [5.41, 5.74) is 2.70. The molecule has 2 aromatic rings. The fourth-order valence-electron chi connectivity index (χ4n) is 3.14. The second-order valence-electron chi connectivity index (χ2n) is 7.25. The molecule has 2 rings (SSSR count). The molecule has 0 aromatic heterocycles. The molecule has 0 saturated carbocycles. The van der Waals surface area contributed by atoms with E-state index in [9.17, 15) is 0 Å². The molecule has 1 atom stereocenters. The quantitative estimate of drug-likeness (QED) is 0.547. The van der Waals surface area contributed by atoms with Crippen molar-refractivity contribution < 1.29 is 9.47 Å². The molecular formula is C23H33NO2. The van der Waals surface area contributed by atoms with Crippen LogP contribution in [0.15, 0.2) is 48.5 Å². The van der Waals surface area contributed by atoms with Crippen LogP contribution in [0.2, 0.25) is 0 Å². The summed E-state index contributed by atoms with van der Waals surface area (Å²) in [6.45, 7) is 6.50. The lowest BCUT2D eigenvalue weighted by atomic mass is 9.88. The predicted molar refractivity (Wildman–Crippen MR) is 109 cm³/mol. The number of hydrogen-bond donors (Lipinski definition) is 1. The van der Waals surface area contributed by atoms with E-state index >= 15 is 0 Å². The minimum absolute atomic E-state index is 0.590. The van der Waals surface area contributed by atoms with Crippen LogP contribution in [0.25, 0.3) is 0 Å². The van der Waals surface area contributed by atoms with Crippen molar-refractivity contribution in [1.82, 2.24) is 5.32 Å². The summed E-state index contributed by atoms with van der Waals surface area (Å²) in [4.78, 5) is 0. The summed E-state index contributed by atoms with van der Waals surface area (Å²) in [5.74, 6) is 3.16. The van der Waals surface area contributed by atoms with Gasteiger partial charge in [-0.3, -0.25) is 0 Å². The molecule has 2 aromatic carbocycles. The highest BCUT2D eigenvalue weighted by Crippen LogP contribution is 2.28. The van der Waals surface area contributed by atoms with Crippen molar-refractivity contribution in [3.05, 3.63) is 59.7 Å². The minimum Gasteiger partial charge on any atom is -0.497 e. The molecule has 0 aliphatic heterocycles. The zero-order chi connectivity index (χ0) is 18.8. The van der Waals surface area contributed by atoms with E-state index in [1.54, 1.807) is 14.2 Å². The first-order chi connectivity index (χ1) is 12.6. The van der Waals surface area contributed by atoms with Gasteiger partial charge in [0.2, 0.25) is 0 Å². The highest BCUT2D eigenvalue weighted by molar-refractivity contribution is 5.29. The molecule has 3 heteroatoms. The van der Waals surface area contributed by atoms with Gasteiger partial charge in [-0.05, 0) is 66.6 Å². The van der Waals surface area contributed by atoms with Gasteiger partial charge in [-0.25, -0.2) is 0 Å². The van der Waals surface area contributed by atoms with E-state index in [-0.39, 0.29) is 0 Å². The number of hydrogen-bond acceptors (Lipinski definition) is 3. The summed E-state index contributed by atoms with van der Waals surface area (Å²) >= 11 is 0. The van der Waals surface area contributed by atoms with Gasteiger partial charge in [-0.1, -0.05) is 44.5 Å². The van der Waals surface area contributed by atoms with E-state index in [4.69, 9.17) is 9.47 Å². The molecule has 0 saturated heterocycles. The monoisotopic (exact) mass is 355 g/mol. The molecule has 0 fully saturated rings. The summed E-state index contributed by atoms with van der Waals surface area (Å²) < 4.78 is 10.5. The first-order valence-corrected chi connectivity index (χ1v) is 9.60. The second kappa shape index (κ2) is 10.9. The van der Waals surface area contributed by atoms with E-state index in [0.29, 0.717) is 5.92 Å². The molecular weight excluding hydrogens is 322 g/mol. The third-order valence-corrected chi connectivity index (χ3v) is 4.84. The average molecular weight is 356 g/mol. The zero-order valence-corrected chi connectivity index (χ0v) is 16.6. The molecule has 0 radical (unpaired) electrons. The van der Waals surface area contributed by atoms with Gasteiger partial charge >= 0.3 is 0 Å². The Kier molecular flexibility index (Phi) is 8.49. The van der Waals surface area contributed by atoms with Gasteiger partial charge in [0.05, 0.1) is 14.2 Å². The molecule has 0 aliphatic rings. The highest BCUT2D eigenvalue weighted by atomic mass is 16.5. The maximum atomic E-state index is 5.29. The summed E-state index contributed by atoms with van der Waals surface area (Å²) in [7, 11) is 3.41. The van der Waals surface area contributed by atoms with Gasteiger partial charge in [-0.2, -0.15) is 0 Å². The maximum absolute atomic E-state index is 5.29. The van der Waals surface area contributed by atoms with Gasteiger partial charge < -0.3 is 14.8 Å². The lowest BCUT2D eigenvalue weighted by Crippen LogP contribution is -2.17. The Morgan fingerprint density at radius 3 is 1.88 bits per heavy atom. The van der Waals surface area contributed by atoms with Crippen LogP contribution < -0.4 is 14.8 Å². The van der Waals surface area contributed by atoms with Crippen molar-refractivity contribution in [2.45, 2.75) is 45.6 Å². The minimum atomic E-state index is 0.590. The lowest BCUT2D eigenvalue weighted by molar-refractivity contribution is 0.414. The van der Waals surface area contributed by atoms with Crippen molar-refractivity contribution in [2.24, 2.45) is 5.92 Å². The van der Waals surface area contributed by atoms with E-state index in [2.05, 4.69) is 55.6 Å². The Balaban J connectivity index is 1.86. The Bertz CT molecular complexity index is 620. The molecule has 0 bridgehead atoms. The summed E-state index contributed by atoms with van der Waals surface area (Å²) in [5, 5.41) is 3.58. The van der Waals surface area contributed by atoms with Crippen LogP contribution in [0.5, 0.6) is 11.5 Å². The van der Waals surface area contributed by atoms with Gasteiger partial charge in [0.1, 0.15) is 11.5 Å². The van der Waals surface area contributed by atoms with Crippen LogP contribution in [0.3, 0.4) is 0 Å². The predicted octanol–water partition coefficient (Wildman–Crippen LogP) is 5.40. The standard InChI is InChI=1S/C23H33NO2/c1-18(2)5-8-21(20-9-13-23(26-4)14-10-20)15-16-24-17-19-6-11-22(25-3)12-7-19/h6-7,9-14,18,21,24H,5,8,15-17H2,1-4H3. The SMILES string of the molecule is COc1ccc(CNCCC(CCC(C)C)c2ccc(OC)cc2)cc1. The van der Waals surface area contributed by atoms with E-state index in [0.717, 1.165) is 36.9 Å². The Labute approximate surface area is 158 Å². The van der Waals surface area contributed by atoms with Gasteiger partial charge in [0, 0.05) is 6.54 Å². The van der Waals surface area contributed by atoms with Crippen LogP contribution in [-0.2, 0) is 6.54 Å². The van der Waals surface area contributed by atoms with Crippen LogP contribution in [-0.4, -0.2) is 20.8 Å². The smallest absolute Gasteiger partial charge is 0.118 e. The van der Waals surface area contributed by atoms with Crippen LogP contribution in [0.4, 0.5) is 0 Å². The van der Waals surface area contributed by atoms with Crippen LogP contribution in [0.1, 0.15) is 50.2 Å². The third-order valence-electron chi connectivity index (χ3n) is 4.84. The van der Waals surface area contributed by atoms with Gasteiger partial charge in [-0.15, -0.1) is 0 Å². The van der Waals surface area contributed by atoms with Crippen molar-refractivity contribution in [2.75, 3.05) is 20.8 Å². The fraction of sp³-hybridized carbons (Fsp3) is 0.478. The fourth-order valence-corrected chi connectivity index (χ4v) is 3.14. The molecule has 0 spiro atoms. The number of methoxy groups -OCH3 is 2. The Morgan fingerprint density at radius 2 is 1.35 bits per heavy atom.